The Morgan fingerprint density at radius 3 is 2.65 bits per heavy atom. The summed E-state index contributed by atoms with van der Waals surface area (Å²) in [7, 11) is 0. The molecule has 0 saturated heterocycles. The average molecular weight is 455 g/mol. The molecule has 0 fully saturated rings. The van der Waals surface area contributed by atoms with Crippen LogP contribution < -0.4 is 10.2 Å². The molecule has 2 aromatic carbocycles. The maximum Gasteiger partial charge on any atom is 0.252 e. The highest BCUT2D eigenvalue weighted by atomic mass is 16.5. The number of nitrogens with zero attached hydrogens (tertiary/aromatic N) is 5. The van der Waals surface area contributed by atoms with Gasteiger partial charge >= 0.3 is 0 Å². The zero-order valence-corrected chi connectivity index (χ0v) is 19.4. The minimum absolute atomic E-state index is 0.155. The third-order valence-electron chi connectivity index (χ3n) is 5.06. The van der Waals surface area contributed by atoms with Gasteiger partial charge in [0.15, 0.2) is 5.89 Å². The maximum absolute atomic E-state index is 9.19. The summed E-state index contributed by atoms with van der Waals surface area (Å²) in [5.74, 6) is 2.02. The van der Waals surface area contributed by atoms with Gasteiger partial charge in [-0.15, -0.1) is 0 Å². The number of hydrogen-bond donors (Lipinski definition) is 1. The molecular formula is C26H26N6O2. The standard InChI is InChI=1S/C26H26N6O2/c1-18(2)13-14-33-23-11-9-20(10-12-23)25-21(17-32(31-25)22-7-5-4-6-8-22)16-28-30-26-24(15-27)29-19(3)34-26/h4-12,16-18,30H,13-14H2,1-3H3/b28-16+. The Balaban J connectivity index is 1.60. The average Bonchev–Trinajstić information content (AvgIpc) is 3.43. The molecule has 0 saturated carbocycles. The summed E-state index contributed by atoms with van der Waals surface area (Å²) in [5, 5.41) is 18.2. The van der Waals surface area contributed by atoms with E-state index in [0.29, 0.717) is 18.4 Å². The van der Waals surface area contributed by atoms with E-state index in [-0.39, 0.29) is 11.6 Å². The molecule has 0 aliphatic heterocycles. The molecule has 0 spiro atoms. The molecule has 0 bridgehead atoms. The van der Waals surface area contributed by atoms with E-state index in [1.165, 1.54) is 0 Å². The van der Waals surface area contributed by atoms with Crippen molar-refractivity contribution in [3.05, 3.63) is 77.9 Å². The molecule has 0 radical (unpaired) electrons. The van der Waals surface area contributed by atoms with Crippen LogP contribution in [0.4, 0.5) is 5.88 Å². The number of anilines is 1. The summed E-state index contributed by atoms with van der Waals surface area (Å²) in [6.45, 7) is 6.72. The van der Waals surface area contributed by atoms with Crippen molar-refractivity contribution in [3.63, 3.8) is 0 Å². The number of nitriles is 1. The second-order valence-corrected chi connectivity index (χ2v) is 8.16. The van der Waals surface area contributed by atoms with Gasteiger partial charge in [0.25, 0.3) is 5.88 Å². The Kier molecular flexibility index (Phi) is 7.04. The number of rotatable bonds is 9. The van der Waals surface area contributed by atoms with Gasteiger partial charge in [-0.05, 0) is 48.7 Å². The third-order valence-corrected chi connectivity index (χ3v) is 5.06. The summed E-state index contributed by atoms with van der Waals surface area (Å²) in [5.41, 5.74) is 6.34. The molecule has 8 heteroatoms. The Morgan fingerprint density at radius 1 is 1.18 bits per heavy atom. The number of oxazole rings is 1. The third kappa shape index (κ3) is 5.51. The first-order chi connectivity index (χ1) is 16.5. The first-order valence-electron chi connectivity index (χ1n) is 11.1. The molecule has 4 aromatic rings. The number of ether oxygens (including phenoxy) is 1. The van der Waals surface area contributed by atoms with Gasteiger partial charge < -0.3 is 9.15 Å². The van der Waals surface area contributed by atoms with Gasteiger partial charge in [-0.2, -0.15) is 15.5 Å². The van der Waals surface area contributed by atoms with Gasteiger partial charge in [-0.25, -0.2) is 15.1 Å². The van der Waals surface area contributed by atoms with E-state index in [0.717, 1.165) is 34.7 Å². The summed E-state index contributed by atoms with van der Waals surface area (Å²) in [6.07, 6.45) is 4.56. The van der Waals surface area contributed by atoms with E-state index in [2.05, 4.69) is 29.4 Å². The van der Waals surface area contributed by atoms with Crippen molar-refractivity contribution in [3.8, 4) is 28.8 Å². The van der Waals surface area contributed by atoms with Crippen LogP contribution in [0, 0.1) is 24.2 Å². The van der Waals surface area contributed by atoms with Crippen LogP contribution in [-0.4, -0.2) is 27.6 Å². The number of hydrogen-bond acceptors (Lipinski definition) is 7. The molecule has 34 heavy (non-hydrogen) atoms. The van der Waals surface area contributed by atoms with Crippen LogP contribution in [0.25, 0.3) is 16.9 Å². The number of aromatic nitrogens is 3. The van der Waals surface area contributed by atoms with Gasteiger partial charge in [0.1, 0.15) is 17.5 Å². The van der Waals surface area contributed by atoms with E-state index in [9.17, 15) is 5.26 Å². The predicted molar refractivity (Wildman–Crippen MR) is 131 cm³/mol. The van der Waals surface area contributed by atoms with Crippen LogP contribution >= 0.6 is 0 Å². The van der Waals surface area contributed by atoms with Crippen molar-refractivity contribution in [1.29, 1.82) is 5.26 Å². The number of hydrazone groups is 1. The zero-order valence-electron chi connectivity index (χ0n) is 19.4. The monoisotopic (exact) mass is 454 g/mol. The highest BCUT2D eigenvalue weighted by Gasteiger charge is 2.13. The molecule has 0 aliphatic carbocycles. The van der Waals surface area contributed by atoms with Crippen LogP contribution in [0.3, 0.4) is 0 Å². The number of nitrogens with one attached hydrogen (secondary N) is 1. The van der Waals surface area contributed by atoms with Crippen molar-refractivity contribution < 1.29 is 9.15 Å². The van der Waals surface area contributed by atoms with Gasteiger partial charge in [-0.3, -0.25) is 0 Å². The Hall–Kier alpha value is -4.38. The minimum atomic E-state index is 0.155. The lowest BCUT2D eigenvalue weighted by molar-refractivity contribution is 0.289. The number of para-hydroxylation sites is 1. The molecule has 1 N–H and O–H groups in total. The molecule has 0 aliphatic rings. The van der Waals surface area contributed by atoms with Crippen LogP contribution in [0.5, 0.6) is 5.75 Å². The second kappa shape index (κ2) is 10.5. The van der Waals surface area contributed by atoms with Crippen molar-refractivity contribution in [2.45, 2.75) is 27.2 Å². The molecule has 0 amide bonds. The van der Waals surface area contributed by atoms with E-state index >= 15 is 0 Å². The quantitative estimate of drug-likeness (QED) is 0.262. The lowest BCUT2D eigenvalue weighted by Gasteiger charge is -2.08. The van der Waals surface area contributed by atoms with Gasteiger partial charge in [-0.1, -0.05) is 32.0 Å². The van der Waals surface area contributed by atoms with Crippen LogP contribution in [0.2, 0.25) is 0 Å². The lowest BCUT2D eigenvalue weighted by atomic mass is 10.1. The maximum atomic E-state index is 9.19. The summed E-state index contributed by atoms with van der Waals surface area (Å²) in [6, 6.07) is 19.7. The lowest BCUT2D eigenvalue weighted by Crippen LogP contribution is -2.01. The van der Waals surface area contributed by atoms with E-state index in [1.54, 1.807) is 13.1 Å². The smallest absolute Gasteiger partial charge is 0.252 e. The Morgan fingerprint density at radius 2 is 1.94 bits per heavy atom. The molecular weight excluding hydrogens is 428 g/mol. The fourth-order valence-corrected chi connectivity index (χ4v) is 3.28. The fraction of sp³-hybridized carbons (Fsp3) is 0.231. The normalized spacial score (nSPS) is 11.1. The van der Waals surface area contributed by atoms with Crippen LogP contribution in [0.15, 0.2) is 70.3 Å². The molecule has 4 rings (SSSR count). The highest BCUT2D eigenvalue weighted by molar-refractivity contribution is 5.89. The Labute approximate surface area is 198 Å². The van der Waals surface area contributed by atoms with Gasteiger partial charge in [0.05, 0.1) is 18.5 Å². The van der Waals surface area contributed by atoms with E-state index < -0.39 is 0 Å². The first kappa shape index (κ1) is 22.8. The minimum Gasteiger partial charge on any atom is -0.494 e. The molecule has 0 atom stereocenters. The van der Waals surface area contributed by atoms with E-state index in [4.69, 9.17) is 14.3 Å². The Bertz CT molecular complexity index is 1300. The molecule has 2 heterocycles. The zero-order chi connectivity index (χ0) is 23.9. The van der Waals surface area contributed by atoms with Gasteiger partial charge in [0, 0.05) is 24.2 Å². The largest absolute Gasteiger partial charge is 0.494 e. The fourth-order valence-electron chi connectivity index (χ4n) is 3.28. The molecule has 0 unspecified atom stereocenters. The molecule has 172 valence electrons. The number of benzene rings is 2. The topological polar surface area (TPSA) is 101 Å². The molecule has 8 nitrogen and oxygen atoms in total. The SMILES string of the molecule is Cc1nc(C#N)c(N/N=C/c2cn(-c3ccccc3)nc2-c2ccc(OCCC(C)C)cc2)o1. The highest BCUT2D eigenvalue weighted by Crippen LogP contribution is 2.25. The van der Waals surface area contributed by atoms with Gasteiger partial charge in [0.2, 0.25) is 5.69 Å². The summed E-state index contributed by atoms with van der Waals surface area (Å²) >= 11 is 0. The predicted octanol–water partition coefficient (Wildman–Crippen LogP) is 5.58. The molecule has 2 aromatic heterocycles. The van der Waals surface area contributed by atoms with Crippen LogP contribution in [-0.2, 0) is 0 Å². The van der Waals surface area contributed by atoms with Crippen molar-refractivity contribution in [2.75, 3.05) is 12.0 Å². The number of aryl methyl sites for hydroxylation is 1. The van der Waals surface area contributed by atoms with Crippen molar-refractivity contribution in [1.82, 2.24) is 14.8 Å². The van der Waals surface area contributed by atoms with Crippen molar-refractivity contribution >= 4 is 12.1 Å². The van der Waals surface area contributed by atoms with E-state index in [1.807, 2.05) is 71.5 Å². The first-order valence-corrected chi connectivity index (χ1v) is 11.1. The summed E-state index contributed by atoms with van der Waals surface area (Å²) in [4.78, 5) is 4.01. The second-order valence-electron chi connectivity index (χ2n) is 8.16. The summed E-state index contributed by atoms with van der Waals surface area (Å²) < 4.78 is 13.1. The van der Waals surface area contributed by atoms with Crippen molar-refractivity contribution in [2.24, 2.45) is 11.0 Å². The van der Waals surface area contributed by atoms with Crippen LogP contribution in [0.1, 0.15) is 37.4 Å².